The molecule has 0 amide bonds. The van der Waals surface area contributed by atoms with Crippen LogP contribution in [0.5, 0.6) is 0 Å². The zero-order valence-electron chi connectivity index (χ0n) is 15.6. The van der Waals surface area contributed by atoms with Gasteiger partial charge in [-0.15, -0.1) is 0 Å². The molecule has 1 aliphatic rings. The summed E-state index contributed by atoms with van der Waals surface area (Å²) in [6.07, 6.45) is -6.46. The second-order valence-electron chi connectivity index (χ2n) is 5.68. The molecule has 0 bridgehead atoms. The summed E-state index contributed by atoms with van der Waals surface area (Å²) in [4.78, 5) is 56.7. The first-order valence-corrected chi connectivity index (χ1v) is 7.99. The fourth-order valence-electron chi connectivity index (χ4n) is 2.46. The monoisotopic (exact) mass is 390 g/mol. The van der Waals surface area contributed by atoms with Crippen molar-refractivity contribution in [2.24, 2.45) is 0 Å². The molecule has 1 aliphatic heterocycles. The van der Waals surface area contributed by atoms with E-state index in [1.165, 1.54) is 0 Å². The molecule has 0 aliphatic carbocycles. The van der Waals surface area contributed by atoms with Crippen molar-refractivity contribution < 1.29 is 52.4 Å². The molecule has 27 heavy (non-hydrogen) atoms. The Kier molecular flexibility index (Phi) is 8.16. The van der Waals surface area contributed by atoms with E-state index in [2.05, 4.69) is 0 Å². The Balaban J connectivity index is 3.20. The van der Waals surface area contributed by atoms with Crippen molar-refractivity contribution in [2.45, 2.75) is 65.3 Å². The van der Waals surface area contributed by atoms with Gasteiger partial charge in [0.2, 0.25) is 12.4 Å². The predicted molar refractivity (Wildman–Crippen MR) is 83.7 cm³/mol. The number of ether oxygens (including phenoxy) is 6. The summed E-state index contributed by atoms with van der Waals surface area (Å²) in [5.74, 6) is -3.62. The van der Waals surface area contributed by atoms with Gasteiger partial charge in [0.1, 0.15) is 12.7 Å². The van der Waals surface area contributed by atoms with Gasteiger partial charge in [0.15, 0.2) is 12.2 Å². The highest BCUT2D eigenvalue weighted by Gasteiger charge is 2.55. The molecule has 1 heterocycles. The molecule has 0 spiro atoms. The summed E-state index contributed by atoms with van der Waals surface area (Å²) in [7, 11) is 0. The van der Waals surface area contributed by atoms with Gasteiger partial charge in [-0.2, -0.15) is 0 Å². The fourth-order valence-corrected chi connectivity index (χ4v) is 2.46. The molecule has 0 radical (unpaired) electrons. The third-order valence-electron chi connectivity index (χ3n) is 3.23. The van der Waals surface area contributed by atoms with E-state index in [0.717, 1.165) is 34.6 Å². The van der Waals surface area contributed by atoms with Crippen LogP contribution in [-0.4, -0.2) is 67.2 Å². The van der Waals surface area contributed by atoms with Crippen LogP contribution in [0, 0.1) is 0 Å². The summed E-state index contributed by atoms with van der Waals surface area (Å²) in [5.41, 5.74) is 0. The molecular weight excluding hydrogens is 368 g/mol. The maximum atomic E-state index is 11.5. The van der Waals surface area contributed by atoms with E-state index in [9.17, 15) is 24.0 Å². The molecule has 1 saturated heterocycles. The van der Waals surface area contributed by atoms with Gasteiger partial charge in [0.25, 0.3) is 0 Å². The maximum absolute atomic E-state index is 11.5. The first-order chi connectivity index (χ1) is 12.5. The molecule has 152 valence electrons. The molecule has 0 aromatic heterocycles. The van der Waals surface area contributed by atoms with Crippen molar-refractivity contribution in [2.75, 3.05) is 6.61 Å². The normalized spacial score (nSPS) is 25.1. The van der Waals surface area contributed by atoms with E-state index in [1.807, 2.05) is 0 Å². The van der Waals surface area contributed by atoms with Crippen LogP contribution < -0.4 is 0 Å². The van der Waals surface area contributed by atoms with Gasteiger partial charge in [0.05, 0.1) is 0 Å². The quantitative estimate of drug-likeness (QED) is 0.415. The minimum absolute atomic E-state index is 0.420. The number of carbonyl (C=O) groups excluding carboxylic acids is 5. The Morgan fingerprint density at radius 1 is 0.741 bits per heavy atom. The number of rotatable bonds is 7. The van der Waals surface area contributed by atoms with E-state index in [1.54, 1.807) is 0 Å². The standard InChI is InChI=1S/C16H22O11/c1-7(17)22-6-12(23-8(2)18)13-14(24-9(3)19)15(25-10(4)20)16(27-13)26-11(5)21/h12-16H,6H2,1-5H3/t12-,13+,14-,15-,16+/m0/s1. The Labute approximate surface area is 155 Å². The average molecular weight is 390 g/mol. The van der Waals surface area contributed by atoms with Crippen LogP contribution >= 0.6 is 0 Å². The van der Waals surface area contributed by atoms with Crippen LogP contribution in [0.3, 0.4) is 0 Å². The highest BCUT2D eigenvalue weighted by Crippen LogP contribution is 2.31. The lowest BCUT2D eigenvalue weighted by molar-refractivity contribution is -0.203. The molecule has 11 nitrogen and oxygen atoms in total. The molecule has 0 aromatic rings. The van der Waals surface area contributed by atoms with Crippen LogP contribution in [0.25, 0.3) is 0 Å². The first-order valence-electron chi connectivity index (χ1n) is 7.99. The molecule has 0 N–H and O–H groups in total. The average Bonchev–Trinajstić information content (AvgIpc) is 2.79. The van der Waals surface area contributed by atoms with Gasteiger partial charge in [0, 0.05) is 34.6 Å². The minimum Gasteiger partial charge on any atom is -0.462 e. The summed E-state index contributed by atoms with van der Waals surface area (Å²) in [5, 5.41) is 0. The van der Waals surface area contributed by atoms with E-state index >= 15 is 0 Å². The molecule has 11 heteroatoms. The van der Waals surface area contributed by atoms with Crippen molar-refractivity contribution in [3.05, 3.63) is 0 Å². The van der Waals surface area contributed by atoms with E-state index in [4.69, 9.17) is 28.4 Å². The van der Waals surface area contributed by atoms with Crippen LogP contribution in [0.4, 0.5) is 0 Å². The smallest absolute Gasteiger partial charge is 0.305 e. The van der Waals surface area contributed by atoms with Crippen molar-refractivity contribution in [3.63, 3.8) is 0 Å². The lowest BCUT2D eigenvalue weighted by Crippen LogP contribution is -2.46. The number of hydrogen-bond donors (Lipinski definition) is 0. The van der Waals surface area contributed by atoms with Gasteiger partial charge in [-0.1, -0.05) is 0 Å². The van der Waals surface area contributed by atoms with Crippen LogP contribution in [0.15, 0.2) is 0 Å². The van der Waals surface area contributed by atoms with E-state index < -0.39 is 67.2 Å². The van der Waals surface area contributed by atoms with Crippen molar-refractivity contribution in [1.29, 1.82) is 0 Å². The lowest BCUT2D eigenvalue weighted by Gasteiger charge is -2.27. The zero-order valence-corrected chi connectivity index (χ0v) is 15.6. The van der Waals surface area contributed by atoms with Gasteiger partial charge in [-0.25, -0.2) is 0 Å². The topological polar surface area (TPSA) is 141 Å². The second kappa shape index (κ2) is 9.86. The highest BCUT2D eigenvalue weighted by atomic mass is 16.8. The van der Waals surface area contributed by atoms with Gasteiger partial charge >= 0.3 is 29.8 Å². The van der Waals surface area contributed by atoms with Crippen molar-refractivity contribution in [1.82, 2.24) is 0 Å². The molecule has 0 aromatic carbocycles. The maximum Gasteiger partial charge on any atom is 0.305 e. The number of hydrogen-bond acceptors (Lipinski definition) is 11. The van der Waals surface area contributed by atoms with Crippen LogP contribution in [0.1, 0.15) is 34.6 Å². The third-order valence-corrected chi connectivity index (χ3v) is 3.23. The van der Waals surface area contributed by atoms with Gasteiger partial charge in [-0.3, -0.25) is 24.0 Å². The predicted octanol–water partition coefficient (Wildman–Crippen LogP) is -0.367. The Hall–Kier alpha value is -2.69. The molecular formula is C16H22O11. The number of carbonyl (C=O) groups is 5. The van der Waals surface area contributed by atoms with E-state index in [-0.39, 0.29) is 0 Å². The molecule has 5 atom stereocenters. The molecule has 0 unspecified atom stereocenters. The number of esters is 5. The Bertz CT molecular complexity index is 599. The zero-order chi connectivity index (χ0) is 20.7. The first kappa shape index (κ1) is 22.4. The summed E-state index contributed by atoms with van der Waals surface area (Å²) >= 11 is 0. The largest absolute Gasteiger partial charge is 0.462 e. The fraction of sp³-hybridized carbons (Fsp3) is 0.688. The molecule has 1 rings (SSSR count). The summed E-state index contributed by atoms with van der Waals surface area (Å²) < 4.78 is 30.7. The third kappa shape index (κ3) is 7.21. The summed E-state index contributed by atoms with van der Waals surface area (Å²) in [6.45, 7) is 5.15. The summed E-state index contributed by atoms with van der Waals surface area (Å²) in [6, 6.07) is 0. The van der Waals surface area contributed by atoms with Gasteiger partial charge in [-0.05, 0) is 0 Å². The Morgan fingerprint density at radius 2 is 1.26 bits per heavy atom. The molecule has 1 fully saturated rings. The lowest BCUT2D eigenvalue weighted by atomic mass is 10.1. The second-order valence-corrected chi connectivity index (χ2v) is 5.68. The Morgan fingerprint density at radius 3 is 1.70 bits per heavy atom. The SMILES string of the molecule is CC(=O)OC[C@H](OC(C)=O)[C@H]1O[C@@H](OC(C)=O)[C@@H](OC(C)=O)[C@H]1OC(C)=O. The van der Waals surface area contributed by atoms with Crippen molar-refractivity contribution >= 4 is 29.8 Å². The highest BCUT2D eigenvalue weighted by molar-refractivity contribution is 5.69. The van der Waals surface area contributed by atoms with Crippen LogP contribution in [-0.2, 0) is 52.4 Å². The van der Waals surface area contributed by atoms with Crippen LogP contribution in [0.2, 0.25) is 0 Å². The van der Waals surface area contributed by atoms with E-state index in [0.29, 0.717) is 0 Å². The molecule has 0 saturated carbocycles. The van der Waals surface area contributed by atoms with Gasteiger partial charge < -0.3 is 28.4 Å². The minimum atomic E-state index is -1.42. The van der Waals surface area contributed by atoms with Crippen molar-refractivity contribution in [3.8, 4) is 0 Å².